The summed E-state index contributed by atoms with van der Waals surface area (Å²) in [5.41, 5.74) is 6.76. The summed E-state index contributed by atoms with van der Waals surface area (Å²) in [6.07, 6.45) is 4.96. The molecular formula is C19H28FN3O2. The number of nitrogens with one attached hydrogen (secondary N) is 2. The van der Waals surface area contributed by atoms with Crippen LogP contribution in [-0.4, -0.2) is 43.7 Å². The van der Waals surface area contributed by atoms with Crippen molar-refractivity contribution in [3.8, 4) is 0 Å². The Labute approximate surface area is 148 Å². The fraction of sp³-hybridized carbons (Fsp3) is 0.632. The lowest BCUT2D eigenvalue weighted by Crippen LogP contribution is -2.49. The Kier molecular flexibility index (Phi) is 6.39. The number of rotatable bonds is 6. The van der Waals surface area contributed by atoms with Crippen LogP contribution in [0.5, 0.6) is 0 Å². The second kappa shape index (κ2) is 8.74. The molecule has 0 saturated carbocycles. The van der Waals surface area contributed by atoms with Crippen LogP contribution < -0.4 is 10.9 Å². The molecule has 5 nitrogen and oxygen atoms in total. The molecule has 3 rings (SSSR count). The number of ether oxygens (including phenoxy) is 1. The highest BCUT2D eigenvalue weighted by Gasteiger charge is 2.35. The third-order valence-corrected chi connectivity index (χ3v) is 5.27. The van der Waals surface area contributed by atoms with Gasteiger partial charge in [0, 0.05) is 32.4 Å². The number of carbonyl (C=O) groups is 1. The van der Waals surface area contributed by atoms with E-state index >= 15 is 0 Å². The van der Waals surface area contributed by atoms with Crippen LogP contribution in [0.15, 0.2) is 24.3 Å². The number of halogens is 1. The van der Waals surface area contributed by atoms with Crippen LogP contribution >= 0.6 is 0 Å². The second-order valence-corrected chi connectivity index (χ2v) is 7.08. The van der Waals surface area contributed by atoms with Crippen molar-refractivity contribution in [3.63, 3.8) is 0 Å². The first kappa shape index (κ1) is 18.3. The third-order valence-electron chi connectivity index (χ3n) is 5.27. The minimum absolute atomic E-state index is 0.128. The summed E-state index contributed by atoms with van der Waals surface area (Å²) < 4.78 is 19.1. The van der Waals surface area contributed by atoms with Crippen molar-refractivity contribution >= 4 is 5.91 Å². The molecule has 6 heteroatoms. The van der Waals surface area contributed by atoms with Crippen LogP contribution in [0.4, 0.5) is 4.39 Å². The zero-order chi connectivity index (χ0) is 17.6. The van der Waals surface area contributed by atoms with Gasteiger partial charge < -0.3 is 9.64 Å². The van der Waals surface area contributed by atoms with E-state index in [4.69, 9.17) is 4.74 Å². The van der Waals surface area contributed by atoms with E-state index in [2.05, 4.69) is 10.9 Å². The average Bonchev–Trinajstić information content (AvgIpc) is 3.12. The molecule has 0 spiro atoms. The summed E-state index contributed by atoms with van der Waals surface area (Å²) in [5, 5.41) is 0. The van der Waals surface area contributed by atoms with Crippen LogP contribution in [-0.2, 0) is 9.53 Å². The molecule has 0 aliphatic carbocycles. The number of hydrogen-bond acceptors (Lipinski definition) is 4. The Bertz CT molecular complexity index is 584. The Hall–Kier alpha value is -1.50. The minimum atomic E-state index is -0.290. The largest absolute Gasteiger partial charge is 0.385 e. The molecule has 2 N–H and O–H groups in total. The maximum absolute atomic E-state index is 13.9. The standard InChI is InChI=1S/C19H28FN3O2/c1-25-11-5-7-14-6-4-10-23(13-14)19(24)18-12-17(21-22-18)15-8-2-3-9-16(15)20/h2-3,8-9,14,17-18,21-22H,4-7,10-13H2,1H3. The van der Waals surface area contributed by atoms with Gasteiger partial charge in [0.15, 0.2) is 0 Å². The molecule has 2 heterocycles. The zero-order valence-corrected chi connectivity index (χ0v) is 14.8. The topological polar surface area (TPSA) is 53.6 Å². The van der Waals surface area contributed by atoms with Crippen LogP contribution in [0.3, 0.4) is 0 Å². The van der Waals surface area contributed by atoms with Crippen LogP contribution in [0.2, 0.25) is 0 Å². The maximum Gasteiger partial charge on any atom is 0.241 e. The van der Waals surface area contributed by atoms with Crippen molar-refractivity contribution in [1.82, 2.24) is 15.8 Å². The van der Waals surface area contributed by atoms with E-state index in [9.17, 15) is 9.18 Å². The first-order valence-corrected chi connectivity index (χ1v) is 9.22. The summed E-state index contributed by atoms with van der Waals surface area (Å²) in [7, 11) is 1.72. The molecule has 1 amide bonds. The van der Waals surface area contributed by atoms with Crippen LogP contribution in [0.1, 0.15) is 43.7 Å². The number of methoxy groups -OCH3 is 1. The quantitative estimate of drug-likeness (QED) is 0.775. The Balaban J connectivity index is 1.54. The van der Waals surface area contributed by atoms with Gasteiger partial charge in [-0.2, -0.15) is 0 Å². The number of piperidine rings is 1. The lowest BCUT2D eigenvalue weighted by Gasteiger charge is -2.34. The van der Waals surface area contributed by atoms with Crippen LogP contribution in [0, 0.1) is 11.7 Å². The number of carbonyl (C=O) groups excluding carboxylic acids is 1. The van der Waals surface area contributed by atoms with Crippen LogP contribution in [0.25, 0.3) is 0 Å². The summed E-state index contributed by atoms with van der Waals surface area (Å²) in [6.45, 7) is 2.43. The maximum atomic E-state index is 13.9. The molecule has 2 fully saturated rings. The van der Waals surface area contributed by atoms with Gasteiger partial charge in [-0.25, -0.2) is 15.2 Å². The first-order chi connectivity index (χ1) is 12.2. The Morgan fingerprint density at radius 1 is 1.36 bits per heavy atom. The molecular weight excluding hydrogens is 321 g/mol. The van der Waals surface area contributed by atoms with Crippen molar-refractivity contribution in [2.45, 2.75) is 44.2 Å². The van der Waals surface area contributed by atoms with Crippen molar-refractivity contribution in [2.75, 3.05) is 26.8 Å². The first-order valence-electron chi connectivity index (χ1n) is 9.22. The van der Waals surface area contributed by atoms with Gasteiger partial charge in [0.2, 0.25) is 5.91 Å². The van der Waals surface area contributed by atoms with Gasteiger partial charge in [-0.3, -0.25) is 4.79 Å². The van der Waals surface area contributed by atoms with Gasteiger partial charge >= 0.3 is 0 Å². The van der Waals surface area contributed by atoms with Crippen molar-refractivity contribution < 1.29 is 13.9 Å². The molecule has 0 aromatic heterocycles. The average molecular weight is 349 g/mol. The molecule has 1 aromatic rings. The van der Waals surface area contributed by atoms with E-state index in [0.29, 0.717) is 17.9 Å². The summed E-state index contributed by atoms with van der Waals surface area (Å²) in [6, 6.07) is 6.28. The molecule has 3 atom stereocenters. The molecule has 3 unspecified atom stereocenters. The highest BCUT2D eigenvalue weighted by atomic mass is 19.1. The normalized spacial score (nSPS) is 26.8. The molecule has 2 aliphatic heterocycles. The highest BCUT2D eigenvalue weighted by Crippen LogP contribution is 2.27. The second-order valence-electron chi connectivity index (χ2n) is 7.08. The molecule has 138 valence electrons. The third kappa shape index (κ3) is 4.57. The minimum Gasteiger partial charge on any atom is -0.385 e. The van der Waals surface area contributed by atoms with Crippen molar-refractivity contribution in [1.29, 1.82) is 0 Å². The number of benzene rings is 1. The van der Waals surface area contributed by atoms with Gasteiger partial charge in [-0.15, -0.1) is 0 Å². The van der Waals surface area contributed by atoms with Gasteiger partial charge in [0.1, 0.15) is 11.9 Å². The molecule has 0 bridgehead atoms. The molecule has 1 aromatic carbocycles. The molecule has 2 saturated heterocycles. The fourth-order valence-electron chi connectivity index (χ4n) is 3.92. The van der Waals surface area contributed by atoms with Gasteiger partial charge in [-0.05, 0) is 44.1 Å². The predicted molar refractivity (Wildman–Crippen MR) is 94.2 cm³/mol. The molecule has 2 aliphatic rings. The van der Waals surface area contributed by atoms with Gasteiger partial charge in [0.25, 0.3) is 0 Å². The predicted octanol–water partition coefficient (Wildman–Crippen LogP) is 2.40. The number of amides is 1. The number of hydrogen-bond donors (Lipinski definition) is 2. The number of nitrogens with zero attached hydrogens (tertiary/aromatic N) is 1. The van der Waals surface area contributed by atoms with E-state index < -0.39 is 0 Å². The SMILES string of the molecule is COCCCC1CCCN(C(=O)C2CC(c3ccccc3F)NN2)C1. The van der Waals surface area contributed by atoms with E-state index in [1.165, 1.54) is 12.5 Å². The highest BCUT2D eigenvalue weighted by molar-refractivity contribution is 5.82. The van der Waals surface area contributed by atoms with E-state index in [0.717, 1.165) is 39.0 Å². The Morgan fingerprint density at radius 2 is 2.20 bits per heavy atom. The number of hydrazine groups is 1. The molecule has 25 heavy (non-hydrogen) atoms. The summed E-state index contributed by atoms with van der Waals surface area (Å²) in [5.74, 6) is 0.457. The van der Waals surface area contributed by atoms with E-state index in [1.807, 2.05) is 11.0 Å². The van der Waals surface area contributed by atoms with E-state index in [-0.39, 0.29) is 23.8 Å². The van der Waals surface area contributed by atoms with E-state index in [1.54, 1.807) is 19.2 Å². The lowest BCUT2D eigenvalue weighted by molar-refractivity contribution is -0.135. The number of likely N-dealkylation sites (tertiary alicyclic amines) is 1. The summed E-state index contributed by atoms with van der Waals surface area (Å²) >= 11 is 0. The zero-order valence-electron chi connectivity index (χ0n) is 14.8. The Morgan fingerprint density at radius 3 is 3.00 bits per heavy atom. The van der Waals surface area contributed by atoms with Crippen molar-refractivity contribution in [2.24, 2.45) is 5.92 Å². The van der Waals surface area contributed by atoms with Gasteiger partial charge in [0.05, 0.1) is 6.04 Å². The smallest absolute Gasteiger partial charge is 0.241 e. The molecule has 0 radical (unpaired) electrons. The lowest BCUT2D eigenvalue weighted by atomic mass is 9.92. The monoisotopic (exact) mass is 349 g/mol. The fourth-order valence-corrected chi connectivity index (χ4v) is 3.92. The van der Waals surface area contributed by atoms with Gasteiger partial charge in [-0.1, -0.05) is 18.2 Å². The summed E-state index contributed by atoms with van der Waals surface area (Å²) in [4.78, 5) is 14.8. The van der Waals surface area contributed by atoms with Crippen molar-refractivity contribution in [3.05, 3.63) is 35.6 Å².